The van der Waals surface area contributed by atoms with Crippen LogP contribution in [0.15, 0.2) is 53.6 Å². The van der Waals surface area contributed by atoms with Gasteiger partial charge in [-0.1, -0.05) is 55.7 Å². The van der Waals surface area contributed by atoms with E-state index in [9.17, 15) is 4.79 Å². The molecule has 0 radical (unpaired) electrons. The quantitative estimate of drug-likeness (QED) is 0.761. The molecular weight excluding hydrogens is 298 g/mol. The molecule has 0 aromatic heterocycles. The van der Waals surface area contributed by atoms with E-state index in [1.54, 1.807) is 4.90 Å². The first-order valence-corrected chi connectivity index (χ1v) is 8.53. The normalized spacial score (nSPS) is 13.8. The van der Waals surface area contributed by atoms with E-state index in [1.165, 1.54) is 5.56 Å². The lowest BCUT2D eigenvalue weighted by Crippen LogP contribution is -2.33. The predicted octanol–water partition coefficient (Wildman–Crippen LogP) is 5.14. The molecule has 0 aliphatic carbocycles. The van der Waals surface area contributed by atoms with Crippen LogP contribution >= 0.6 is 0 Å². The number of carbonyl (C=O) groups is 1. The minimum Gasteiger partial charge on any atom is -0.261 e. The SMILES string of the molecule is CCCCCC1=NNC(=O)N(c2ccc(C)cc2)c2ccccc21. The zero-order valence-corrected chi connectivity index (χ0v) is 14.2. The summed E-state index contributed by atoms with van der Waals surface area (Å²) < 4.78 is 0. The van der Waals surface area contributed by atoms with E-state index in [0.29, 0.717) is 0 Å². The third-order valence-electron chi connectivity index (χ3n) is 4.25. The Morgan fingerprint density at radius 2 is 1.79 bits per heavy atom. The summed E-state index contributed by atoms with van der Waals surface area (Å²) in [4.78, 5) is 14.3. The van der Waals surface area contributed by atoms with Crippen molar-refractivity contribution in [3.63, 3.8) is 0 Å². The molecule has 0 bridgehead atoms. The highest BCUT2D eigenvalue weighted by atomic mass is 16.2. The first kappa shape index (κ1) is 16.2. The molecule has 0 fully saturated rings. The number of urea groups is 1. The van der Waals surface area contributed by atoms with Crippen molar-refractivity contribution in [3.8, 4) is 0 Å². The Labute approximate surface area is 143 Å². The molecule has 2 aromatic rings. The molecule has 1 aliphatic rings. The molecule has 0 saturated heterocycles. The summed E-state index contributed by atoms with van der Waals surface area (Å²) in [5.74, 6) is 0. The average molecular weight is 321 g/mol. The van der Waals surface area contributed by atoms with Gasteiger partial charge in [0.05, 0.1) is 17.1 Å². The summed E-state index contributed by atoms with van der Waals surface area (Å²) in [6.07, 6.45) is 4.27. The first-order valence-electron chi connectivity index (χ1n) is 8.53. The van der Waals surface area contributed by atoms with Crippen LogP contribution in [0, 0.1) is 6.92 Å². The lowest BCUT2D eigenvalue weighted by molar-refractivity contribution is 0.249. The minimum atomic E-state index is -0.225. The first-order chi connectivity index (χ1) is 11.7. The number of para-hydroxylation sites is 1. The highest BCUT2D eigenvalue weighted by molar-refractivity contribution is 6.12. The number of unbranched alkanes of at least 4 members (excludes halogenated alkanes) is 2. The maximum absolute atomic E-state index is 12.6. The van der Waals surface area contributed by atoms with Crippen LogP contribution < -0.4 is 10.3 Å². The van der Waals surface area contributed by atoms with Crippen molar-refractivity contribution in [2.75, 3.05) is 4.90 Å². The number of nitrogens with zero attached hydrogens (tertiary/aromatic N) is 2. The topological polar surface area (TPSA) is 44.7 Å². The predicted molar refractivity (Wildman–Crippen MR) is 99.0 cm³/mol. The van der Waals surface area contributed by atoms with E-state index in [-0.39, 0.29) is 6.03 Å². The Hall–Kier alpha value is -2.62. The van der Waals surface area contributed by atoms with Gasteiger partial charge >= 0.3 is 6.03 Å². The number of anilines is 2. The van der Waals surface area contributed by atoms with Crippen LogP contribution in [-0.2, 0) is 0 Å². The molecule has 2 amide bonds. The fourth-order valence-electron chi connectivity index (χ4n) is 2.93. The van der Waals surface area contributed by atoms with Crippen LogP contribution in [0.1, 0.15) is 43.7 Å². The Bertz CT molecular complexity index is 750. The highest BCUT2D eigenvalue weighted by Crippen LogP contribution is 2.31. The van der Waals surface area contributed by atoms with Gasteiger partial charge in [0.2, 0.25) is 0 Å². The van der Waals surface area contributed by atoms with Gasteiger partial charge in [0.15, 0.2) is 0 Å². The standard InChI is InChI=1S/C20H23N3O/c1-3-4-5-9-18-17-8-6-7-10-19(17)23(20(24)22-21-18)16-13-11-15(2)12-14-16/h6-8,10-14H,3-5,9H2,1-2H3,(H,22,24). The molecule has 24 heavy (non-hydrogen) atoms. The van der Waals surface area contributed by atoms with Crippen molar-refractivity contribution >= 4 is 23.1 Å². The molecule has 1 aliphatic heterocycles. The second-order valence-electron chi connectivity index (χ2n) is 6.12. The molecule has 124 valence electrons. The fraction of sp³-hybridized carbons (Fsp3) is 0.300. The van der Waals surface area contributed by atoms with Gasteiger partial charge < -0.3 is 0 Å². The number of fused-ring (bicyclic) bond motifs is 1. The van der Waals surface area contributed by atoms with Gasteiger partial charge in [0.1, 0.15) is 0 Å². The molecule has 2 aromatic carbocycles. The van der Waals surface area contributed by atoms with Crippen LogP contribution in [0.25, 0.3) is 0 Å². The van der Waals surface area contributed by atoms with E-state index in [0.717, 1.165) is 48.3 Å². The second-order valence-corrected chi connectivity index (χ2v) is 6.12. The van der Waals surface area contributed by atoms with Crippen molar-refractivity contribution in [3.05, 3.63) is 59.7 Å². The lowest BCUT2D eigenvalue weighted by atomic mass is 10.0. The minimum absolute atomic E-state index is 0.225. The second kappa shape index (κ2) is 7.30. The Balaban J connectivity index is 2.01. The molecule has 0 unspecified atom stereocenters. The molecule has 1 heterocycles. The van der Waals surface area contributed by atoms with Crippen molar-refractivity contribution in [1.82, 2.24) is 5.43 Å². The lowest BCUT2D eigenvalue weighted by Gasteiger charge is -2.22. The monoisotopic (exact) mass is 321 g/mol. The number of rotatable bonds is 5. The molecule has 1 N–H and O–H groups in total. The smallest absolute Gasteiger partial charge is 0.261 e. The van der Waals surface area contributed by atoms with E-state index in [4.69, 9.17) is 0 Å². The molecule has 0 saturated carbocycles. The van der Waals surface area contributed by atoms with Gasteiger partial charge in [-0.25, -0.2) is 10.2 Å². The summed E-state index contributed by atoms with van der Waals surface area (Å²) in [6, 6.07) is 15.7. The third-order valence-corrected chi connectivity index (χ3v) is 4.25. The molecule has 4 nitrogen and oxygen atoms in total. The fourth-order valence-corrected chi connectivity index (χ4v) is 2.93. The molecular formula is C20H23N3O. The van der Waals surface area contributed by atoms with Crippen LogP contribution in [0.4, 0.5) is 16.2 Å². The van der Waals surface area contributed by atoms with E-state index >= 15 is 0 Å². The van der Waals surface area contributed by atoms with Crippen LogP contribution in [-0.4, -0.2) is 11.7 Å². The average Bonchev–Trinajstić information content (AvgIpc) is 2.73. The van der Waals surface area contributed by atoms with Gasteiger partial charge in [-0.15, -0.1) is 0 Å². The molecule has 0 atom stereocenters. The van der Waals surface area contributed by atoms with E-state index < -0.39 is 0 Å². The van der Waals surface area contributed by atoms with Gasteiger partial charge in [-0.2, -0.15) is 5.10 Å². The highest BCUT2D eigenvalue weighted by Gasteiger charge is 2.25. The van der Waals surface area contributed by atoms with Crippen molar-refractivity contribution < 1.29 is 4.79 Å². The number of aryl methyl sites for hydroxylation is 1. The Morgan fingerprint density at radius 3 is 2.54 bits per heavy atom. The van der Waals surface area contributed by atoms with Gasteiger partial charge in [0.25, 0.3) is 0 Å². The number of hydrazone groups is 1. The van der Waals surface area contributed by atoms with Crippen LogP contribution in [0.5, 0.6) is 0 Å². The number of nitrogens with one attached hydrogen (secondary N) is 1. The number of hydrogen-bond acceptors (Lipinski definition) is 2. The third kappa shape index (κ3) is 3.32. The van der Waals surface area contributed by atoms with Gasteiger partial charge in [-0.3, -0.25) is 4.90 Å². The Morgan fingerprint density at radius 1 is 1.04 bits per heavy atom. The number of carbonyl (C=O) groups excluding carboxylic acids is 1. The zero-order valence-electron chi connectivity index (χ0n) is 14.2. The van der Waals surface area contributed by atoms with Crippen molar-refractivity contribution in [2.24, 2.45) is 5.10 Å². The van der Waals surface area contributed by atoms with E-state index in [2.05, 4.69) is 17.5 Å². The maximum atomic E-state index is 12.6. The largest absolute Gasteiger partial charge is 0.346 e. The summed E-state index contributed by atoms with van der Waals surface area (Å²) in [6.45, 7) is 4.22. The van der Waals surface area contributed by atoms with E-state index in [1.807, 2.05) is 55.5 Å². The van der Waals surface area contributed by atoms with Gasteiger partial charge in [-0.05, 0) is 38.0 Å². The van der Waals surface area contributed by atoms with Crippen molar-refractivity contribution in [1.29, 1.82) is 0 Å². The summed E-state index contributed by atoms with van der Waals surface area (Å²) in [5.41, 5.74) is 7.56. The van der Waals surface area contributed by atoms with Crippen LogP contribution in [0.2, 0.25) is 0 Å². The number of benzene rings is 2. The maximum Gasteiger partial charge on any atom is 0.346 e. The zero-order chi connectivity index (χ0) is 16.9. The van der Waals surface area contributed by atoms with Gasteiger partial charge in [0, 0.05) is 5.56 Å². The molecule has 3 rings (SSSR count). The number of hydrogen-bond donors (Lipinski definition) is 1. The summed E-state index contributed by atoms with van der Waals surface area (Å²) >= 11 is 0. The Kier molecular flexibility index (Phi) is 4.94. The van der Waals surface area contributed by atoms with Crippen LogP contribution in [0.3, 0.4) is 0 Å². The van der Waals surface area contributed by atoms with Crippen molar-refractivity contribution in [2.45, 2.75) is 39.5 Å². The summed E-state index contributed by atoms with van der Waals surface area (Å²) in [7, 11) is 0. The molecule has 0 spiro atoms. The summed E-state index contributed by atoms with van der Waals surface area (Å²) in [5, 5.41) is 4.39. The molecule has 4 heteroatoms. The number of amides is 2.